The Labute approximate surface area is 494 Å². The van der Waals surface area contributed by atoms with E-state index >= 15 is 0 Å². The molecule has 6 N–H and O–H groups in total. The van der Waals surface area contributed by atoms with Crippen LogP contribution in [-0.2, 0) is 120 Å². The summed E-state index contributed by atoms with van der Waals surface area (Å²) in [7, 11) is 0. The number of phenols is 1. The molecule has 0 saturated carbocycles. The van der Waals surface area contributed by atoms with E-state index in [1.54, 1.807) is 16.8 Å². The summed E-state index contributed by atoms with van der Waals surface area (Å²) in [4.78, 5) is 25.2. The van der Waals surface area contributed by atoms with Crippen LogP contribution in [0.2, 0.25) is 0 Å². The minimum Gasteiger partial charge on any atom is -0.508 e. The Morgan fingerprint density at radius 2 is 1.19 bits per heavy atom. The maximum absolute atomic E-state index is 11.3. The average molecular weight is 1180 g/mol. The quantitative estimate of drug-likeness (QED) is 0.0128. The van der Waals surface area contributed by atoms with Gasteiger partial charge in [-0.25, -0.2) is 18.7 Å². The number of aromatic hydroxyl groups is 1. The number of aliphatic carboxylic acids is 1. The van der Waals surface area contributed by atoms with Gasteiger partial charge in [-0.05, 0) is 81.7 Å². The standard InChI is InChI=1S/C33H41N7O5.C24H40N10O6/c1-3-43-33(44-22-23-45-34-2)19-9-5-8-12-31-32(33)36-38-40(31)21-20-39-30(18-15-26-10-6-4-7-11-26)29(35-37-39)25-42-24-27-13-16-28(41)17-14-27;1-3-38-24(39-15-16-40-27-2)10-6-4-5-7-20-22(24)30-32-34(20)13-12-33-19(8-9-21(35)36)18(29-31-33)17-37-14-11-28-23(25)26/h4,6-7,10-11,13-18,41H,2-3,5,8-9,12,19-25H2,1H3;2-17H2,1H3,(H,35,36)(H4,25,26,28)/b18-15+;. The van der Waals surface area contributed by atoms with Crippen LogP contribution in [0.15, 0.2) is 69.9 Å². The van der Waals surface area contributed by atoms with Gasteiger partial charge in [0.15, 0.2) is 5.96 Å². The van der Waals surface area contributed by atoms with Crippen molar-refractivity contribution in [2.24, 2.45) is 26.8 Å². The van der Waals surface area contributed by atoms with Gasteiger partial charge in [0.05, 0.1) is 102 Å². The van der Waals surface area contributed by atoms with Gasteiger partial charge in [0.2, 0.25) is 11.6 Å². The number of carboxylic acids is 1. The van der Waals surface area contributed by atoms with Gasteiger partial charge in [0.1, 0.15) is 41.7 Å². The van der Waals surface area contributed by atoms with Crippen LogP contribution in [0.5, 0.6) is 5.75 Å². The number of guanidine groups is 1. The number of phenolic OH excluding ortho intramolecular Hbond substituents is 1. The van der Waals surface area contributed by atoms with E-state index in [0.717, 1.165) is 91.0 Å². The van der Waals surface area contributed by atoms with E-state index in [1.807, 2.05) is 82.5 Å². The molecule has 0 spiro atoms. The third kappa shape index (κ3) is 19.0. The number of nitrogens with zero attached hydrogens (tertiary/aromatic N) is 15. The number of aromatic nitrogens is 12. The zero-order valence-electron chi connectivity index (χ0n) is 48.8. The maximum Gasteiger partial charge on any atom is 0.303 e. The lowest BCUT2D eigenvalue weighted by Crippen LogP contribution is -2.37. The predicted octanol–water partition coefficient (Wildman–Crippen LogP) is 5.45. The number of carboxylic acid groups (broad SMARTS) is 1. The van der Waals surface area contributed by atoms with Gasteiger partial charge in [-0.3, -0.25) is 9.79 Å². The van der Waals surface area contributed by atoms with E-state index in [-0.39, 0.29) is 64.2 Å². The van der Waals surface area contributed by atoms with Crippen molar-refractivity contribution < 1.29 is 53.1 Å². The van der Waals surface area contributed by atoms with E-state index in [9.17, 15) is 15.0 Å². The molecule has 4 heterocycles. The first kappa shape index (κ1) is 64.5. The Kier molecular flexibility index (Phi) is 25.9. The van der Waals surface area contributed by atoms with Crippen LogP contribution in [0.4, 0.5) is 0 Å². The van der Waals surface area contributed by atoms with Crippen LogP contribution in [0.1, 0.15) is 128 Å². The monoisotopic (exact) mass is 1180 g/mol. The number of carbonyl (C=O) groups is 1. The minimum absolute atomic E-state index is 0.0117. The van der Waals surface area contributed by atoms with Crippen molar-refractivity contribution in [3.63, 3.8) is 0 Å². The van der Waals surface area contributed by atoms with Crippen molar-refractivity contribution in [3.05, 3.63) is 111 Å². The highest BCUT2D eigenvalue weighted by Gasteiger charge is 2.42. The summed E-state index contributed by atoms with van der Waals surface area (Å²) in [6.07, 6.45) is 13.1. The molecule has 0 radical (unpaired) electrons. The summed E-state index contributed by atoms with van der Waals surface area (Å²) >= 11 is 0. The van der Waals surface area contributed by atoms with Gasteiger partial charge >= 0.3 is 5.97 Å². The molecule has 2 atom stereocenters. The number of ether oxygens (including phenoxy) is 6. The second-order valence-corrected chi connectivity index (χ2v) is 19.8. The Morgan fingerprint density at radius 1 is 0.635 bits per heavy atom. The fourth-order valence-corrected chi connectivity index (χ4v) is 10.1. The number of hydrogen-bond donors (Lipinski definition) is 4. The van der Waals surface area contributed by atoms with Crippen molar-refractivity contribution in [2.75, 3.05) is 52.8 Å². The molecule has 0 saturated heterocycles. The van der Waals surface area contributed by atoms with Gasteiger partial charge in [0, 0.05) is 45.9 Å². The zero-order valence-corrected chi connectivity index (χ0v) is 48.8. The first-order valence-electron chi connectivity index (χ1n) is 28.9. The number of aryl methyl sites for hydroxylation is 4. The molecular weight excluding hydrogens is 1100 g/mol. The van der Waals surface area contributed by atoms with Crippen LogP contribution in [0, 0.1) is 0 Å². The van der Waals surface area contributed by atoms with Crippen molar-refractivity contribution >= 4 is 37.5 Å². The molecule has 4 aromatic heterocycles. The Balaban J connectivity index is 0.000000246. The van der Waals surface area contributed by atoms with Crippen molar-refractivity contribution in [3.8, 4) is 5.75 Å². The Bertz CT molecular complexity index is 3030. The number of nitrogens with two attached hydrogens (primary N) is 2. The van der Waals surface area contributed by atoms with Crippen LogP contribution >= 0.6 is 0 Å². The smallest absolute Gasteiger partial charge is 0.303 e. The van der Waals surface area contributed by atoms with Crippen molar-refractivity contribution in [2.45, 2.75) is 148 Å². The zero-order chi connectivity index (χ0) is 60.1. The first-order chi connectivity index (χ1) is 41.5. The van der Waals surface area contributed by atoms with Crippen LogP contribution in [0.25, 0.3) is 12.2 Å². The lowest BCUT2D eigenvalue weighted by molar-refractivity contribution is -0.257. The molecule has 2 unspecified atom stereocenters. The van der Waals surface area contributed by atoms with Crippen LogP contribution in [-0.4, -0.2) is 148 Å². The normalized spacial score (nSPS) is 16.9. The molecule has 2 aromatic carbocycles. The summed E-state index contributed by atoms with van der Waals surface area (Å²) in [5.74, 6) is -2.72. The van der Waals surface area contributed by atoms with E-state index in [2.05, 4.69) is 70.0 Å². The second kappa shape index (κ2) is 34.1. The van der Waals surface area contributed by atoms with E-state index in [1.165, 1.54) is 0 Å². The summed E-state index contributed by atoms with van der Waals surface area (Å²) in [6.45, 7) is 15.9. The van der Waals surface area contributed by atoms with Gasteiger partial charge in [-0.2, -0.15) is 0 Å². The Morgan fingerprint density at radius 3 is 1.76 bits per heavy atom. The maximum atomic E-state index is 11.3. The topological polar surface area (TPSA) is 343 Å². The third-order valence-corrected chi connectivity index (χ3v) is 14.0. The largest absolute Gasteiger partial charge is 0.508 e. The number of aliphatic imine (C=N–C) groups is 1. The van der Waals surface area contributed by atoms with Crippen molar-refractivity contribution in [1.82, 2.24) is 60.0 Å². The second-order valence-electron chi connectivity index (χ2n) is 19.8. The number of benzene rings is 2. The highest BCUT2D eigenvalue weighted by molar-refractivity contribution is 5.75. The highest BCUT2D eigenvalue weighted by atomic mass is 16.7. The molecule has 28 heteroatoms. The van der Waals surface area contributed by atoms with Gasteiger partial charge in [-0.1, -0.05) is 82.2 Å². The highest BCUT2D eigenvalue weighted by Crippen LogP contribution is 2.38. The predicted molar refractivity (Wildman–Crippen MR) is 312 cm³/mol. The van der Waals surface area contributed by atoms with Gasteiger partial charge in [-0.15, -0.1) is 30.7 Å². The molecule has 0 aliphatic heterocycles. The summed E-state index contributed by atoms with van der Waals surface area (Å²) in [5.41, 5.74) is 18.9. The minimum atomic E-state index is -1.03. The van der Waals surface area contributed by atoms with Gasteiger partial charge in [0.25, 0.3) is 0 Å². The molecule has 6 aromatic rings. The molecule has 0 bridgehead atoms. The fourth-order valence-electron chi connectivity index (χ4n) is 10.1. The van der Waals surface area contributed by atoms with Crippen LogP contribution < -0.4 is 11.5 Å². The molecular formula is C57H81N17O11. The third-order valence-electron chi connectivity index (χ3n) is 14.0. The molecule has 2 aliphatic rings. The molecule has 8 rings (SSSR count). The van der Waals surface area contributed by atoms with E-state index in [4.69, 9.17) is 49.6 Å². The number of fused-ring (bicyclic) bond motifs is 2. The fraction of sp³-hybridized carbons (Fsp3) is 0.544. The number of hydrogen-bond acceptors (Lipinski definition) is 21. The van der Waals surface area contributed by atoms with Crippen LogP contribution in [0.3, 0.4) is 0 Å². The van der Waals surface area contributed by atoms with E-state index < -0.39 is 17.5 Å². The molecule has 2 aliphatic carbocycles. The molecule has 85 heavy (non-hydrogen) atoms. The summed E-state index contributed by atoms with van der Waals surface area (Å²) < 4.78 is 43.9. The summed E-state index contributed by atoms with van der Waals surface area (Å²) in [6, 6.07) is 17.1. The lowest BCUT2D eigenvalue weighted by atomic mass is 9.95. The summed E-state index contributed by atoms with van der Waals surface area (Å²) in [5, 5.41) is 61.3. The number of rotatable bonds is 34. The first-order valence-corrected chi connectivity index (χ1v) is 28.9. The number of oxime groups is 2. The molecule has 0 amide bonds. The van der Waals surface area contributed by atoms with Gasteiger partial charge < -0.3 is 59.8 Å². The lowest BCUT2D eigenvalue weighted by Gasteiger charge is -2.33. The average Bonchev–Trinajstić information content (AvgIpc) is 4.35. The van der Waals surface area contributed by atoms with Crippen molar-refractivity contribution in [1.29, 1.82) is 0 Å². The molecule has 460 valence electrons. The molecule has 28 nitrogen and oxygen atoms in total. The Hall–Kier alpha value is -8.02. The van der Waals surface area contributed by atoms with E-state index in [0.29, 0.717) is 89.1 Å². The molecule has 0 fully saturated rings. The SMILES string of the molecule is C=NOCCOC1(OCC)CCCCCc2c1nnn2CCn1nnc(COCCN=C(N)N)c1CCC(=O)O.C=NOCCOC1(OCC)CCCCCc2c1nnn2CCn1nnc(COCc2ccc(O)cc2)c1/C=C/c1ccccc1.